The molecular formula is C14H12Cl2FN3O3S. The lowest BCUT2D eigenvalue weighted by Crippen LogP contribution is -2.43. The molecule has 3 N–H and O–H groups in total. The summed E-state index contributed by atoms with van der Waals surface area (Å²) >= 11 is 11.8. The fourth-order valence-corrected chi connectivity index (χ4v) is 4.05. The van der Waals surface area contributed by atoms with Gasteiger partial charge in [0.25, 0.3) is 15.9 Å². The van der Waals surface area contributed by atoms with Crippen LogP contribution >= 0.6 is 23.2 Å². The zero-order valence-corrected chi connectivity index (χ0v) is 14.4. The summed E-state index contributed by atoms with van der Waals surface area (Å²) in [5.74, 6) is 3.71. The number of nitrogens with zero attached hydrogens (tertiary/aromatic N) is 1. The normalized spacial score (nSPS) is 11.2. The molecule has 0 bridgehead atoms. The van der Waals surface area contributed by atoms with Gasteiger partial charge in [0.05, 0.1) is 10.7 Å². The van der Waals surface area contributed by atoms with Crippen LogP contribution in [0.5, 0.6) is 0 Å². The van der Waals surface area contributed by atoms with E-state index >= 15 is 0 Å². The zero-order chi connectivity index (χ0) is 17.9. The number of sulfonamides is 1. The van der Waals surface area contributed by atoms with Crippen LogP contribution in [0.25, 0.3) is 0 Å². The molecule has 24 heavy (non-hydrogen) atoms. The molecule has 2 aromatic carbocycles. The Morgan fingerprint density at radius 2 is 1.79 bits per heavy atom. The highest BCUT2D eigenvalue weighted by Crippen LogP contribution is 2.30. The molecule has 0 aromatic heterocycles. The molecule has 0 spiro atoms. The van der Waals surface area contributed by atoms with E-state index in [1.807, 2.05) is 5.43 Å². The monoisotopic (exact) mass is 391 g/mol. The lowest BCUT2D eigenvalue weighted by molar-refractivity contribution is -0.119. The molecule has 0 radical (unpaired) electrons. The number of hydrogen-bond donors (Lipinski definition) is 2. The topological polar surface area (TPSA) is 92.5 Å². The second-order valence-electron chi connectivity index (χ2n) is 4.63. The molecule has 0 aliphatic rings. The molecule has 0 saturated heterocycles. The Kier molecular flexibility index (Phi) is 5.66. The average Bonchev–Trinajstić information content (AvgIpc) is 2.55. The summed E-state index contributed by atoms with van der Waals surface area (Å²) in [4.78, 5) is 11.3. The maximum absolute atomic E-state index is 13.1. The minimum atomic E-state index is -4.25. The van der Waals surface area contributed by atoms with Crippen molar-refractivity contribution >= 4 is 44.8 Å². The number of rotatable bonds is 5. The number of nitrogens with two attached hydrogens (primary N) is 1. The van der Waals surface area contributed by atoms with Crippen LogP contribution in [-0.2, 0) is 14.8 Å². The van der Waals surface area contributed by atoms with E-state index in [1.54, 1.807) is 0 Å². The third kappa shape index (κ3) is 3.96. The van der Waals surface area contributed by atoms with E-state index in [0.717, 1.165) is 22.5 Å². The Balaban J connectivity index is 2.58. The van der Waals surface area contributed by atoms with Gasteiger partial charge in [-0.2, -0.15) is 0 Å². The third-order valence-corrected chi connectivity index (χ3v) is 5.51. The van der Waals surface area contributed by atoms with Gasteiger partial charge in [-0.3, -0.25) is 14.5 Å². The number of benzene rings is 2. The first-order valence-corrected chi connectivity index (χ1v) is 8.68. The predicted molar refractivity (Wildman–Crippen MR) is 89.7 cm³/mol. The Hall–Kier alpha value is -1.87. The van der Waals surface area contributed by atoms with E-state index in [9.17, 15) is 17.6 Å². The molecule has 0 aliphatic carbocycles. The maximum Gasteiger partial charge on any atom is 0.266 e. The van der Waals surface area contributed by atoms with Crippen molar-refractivity contribution in [2.24, 2.45) is 5.84 Å². The summed E-state index contributed by atoms with van der Waals surface area (Å²) in [5.41, 5.74) is 1.91. The molecule has 6 nitrogen and oxygen atoms in total. The summed E-state index contributed by atoms with van der Waals surface area (Å²) in [6.45, 7) is -0.618. The van der Waals surface area contributed by atoms with Crippen LogP contribution in [0.4, 0.5) is 10.1 Å². The van der Waals surface area contributed by atoms with Gasteiger partial charge in [-0.1, -0.05) is 23.2 Å². The highest BCUT2D eigenvalue weighted by molar-refractivity contribution is 7.93. The van der Waals surface area contributed by atoms with Gasteiger partial charge >= 0.3 is 0 Å². The van der Waals surface area contributed by atoms with Crippen LogP contribution in [0.15, 0.2) is 47.4 Å². The predicted octanol–water partition coefficient (Wildman–Crippen LogP) is 2.32. The quantitative estimate of drug-likeness (QED) is 0.464. The Bertz CT molecular complexity index is 860. The molecule has 0 heterocycles. The van der Waals surface area contributed by atoms with E-state index in [-0.39, 0.29) is 20.6 Å². The number of halogens is 3. The Labute approximate surface area is 148 Å². The zero-order valence-electron chi connectivity index (χ0n) is 12.0. The Morgan fingerprint density at radius 3 is 2.38 bits per heavy atom. The van der Waals surface area contributed by atoms with Gasteiger partial charge in [-0.25, -0.2) is 18.7 Å². The SMILES string of the molecule is NNC(=O)CN(c1ccc(F)cc1)S(=O)(=O)c1cc(Cl)ccc1Cl. The fraction of sp³-hybridized carbons (Fsp3) is 0.0714. The summed E-state index contributed by atoms with van der Waals surface area (Å²) in [5, 5.41) is 0.0833. The molecule has 2 aromatic rings. The minimum Gasteiger partial charge on any atom is -0.293 e. The van der Waals surface area contributed by atoms with Crippen LogP contribution < -0.4 is 15.6 Å². The van der Waals surface area contributed by atoms with Crippen molar-refractivity contribution in [3.05, 3.63) is 58.3 Å². The largest absolute Gasteiger partial charge is 0.293 e. The highest BCUT2D eigenvalue weighted by atomic mass is 35.5. The van der Waals surface area contributed by atoms with Gasteiger partial charge in [-0.05, 0) is 42.5 Å². The molecule has 0 unspecified atom stereocenters. The van der Waals surface area contributed by atoms with Crippen LogP contribution in [0.1, 0.15) is 0 Å². The number of carbonyl (C=O) groups is 1. The molecule has 0 saturated carbocycles. The van der Waals surface area contributed by atoms with Crippen LogP contribution in [-0.4, -0.2) is 20.9 Å². The number of carbonyl (C=O) groups excluding carboxylic acids is 1. The maximum atomic E-state index is 13.1. The van der Waals surface area contributed by atoms with Crippen LogP contribution in [0.2, 0.25) is 10.0 Å². The molecule has 10 heteroatoms. The van der Waals surface area contributed by atoms with E-state index in [0.29, 0.717) is 0 Å². The summed E-state index contributed by atoms with van der Waals surface area (Å²) < 4.78 is 39.7. The van der Waals surface area contributed by atoms with Crippen LogP contribution in [0.3, 0.4) is 0 Å². The second-order valence-corrected chi connectivity index (χ2v) is 7.30. The standard InChI is InChI=1S/C14H12Cl2FN3O3S/c15-9-1-6-12(16)13(7-9)24(22,23)20(8-14(21)19-18)11-4-2-10(17)3-5-11/h1-7H,8,18H2,(H,19,21). The van der Waals surface area contributed by atoms with Crippen molar-refractivity contribution in [2.45, 2.75) is 4.90 Å². The number of hydrogen-bond acceptors (Lipinski definition) is 4. The summed E-state index contributed by atoms with van der Waals surface area (Å²) in [6, 6.07) is 8.48. The van der Waals surface area contributed by atoms with Gasteiger partial charge in [-0.15, -0.1) is 0 Å². The number of anilines is 1. The van der Waals surface area contributed by atoms with Gasteiger partial charge in [0.2, 0.25) is 0 Å². The highest BCUT2D eigenvalue weighted by Gasteiger charge is 2.29. The van der Waals surface area contributed by atoms with Gasteiger partial charge in [0, 0.05) is 5.02 Å². The molecule has 128 valence electrons. The van der Waals surface area contributed by atoms with Crippen molar-refractivity contribution in [3.63, 3.8) is 0 Å². The smallest absolute Gasteiger partial charge is 0.266 e. The van der Waals surface area contributed by atoms with Crippen molar-refractivity contribution in [2.75, 3.05) is 10.8 Å². The van der Waals surface area contributed by atoms with Crippen molar-refractivity contribution in [1.82, 2.24) is 5.43 Å². The summed E-state index contributed by atoms with van der Waals surface area (Å²) in [7, 11) is -4.25. The van der Waals surface area contributed by atoms with Crippen molar-refractivity contribution < 1.29 is 17.6 Å². The third-order valence-electron chi connectivity index (χ3n) is 3.02. The molecule has 2 rings (SSSR count). The lowest BCUT2D eigenvalue weighted by Gasteiger charge is -2.24. The Morgan fingerprint density at radius 1 is 1.17 bits per heavy atom. The molecule has 0 fully saturated rings. The van der Waals surface area contributed by atoms with Crippen molar-refractivity contribution in [1.29, 1.82) is 0 Å². The van der Waals surface area contributed by atoms with Crippen LogP contribution in [0, 0.1) is 5.82 Å². The molecule has 1 amide bonds. The average molecular weight is 392 g/mol. The molecule has 0 atom stereocenters. The first kappa shape index (κ1) is 18.5. The number of nitrogens with one attached hydrogen (secondary N) is 1. The van der Waals surface area contributed by atoms with E-state index in [2.05, 4.69) is 0 Å². The van der Waals surface area contributed by atoms with E-state index in [1.165, 1.54) is 24.3 Å². The molecular weight excluding hydrogens is 380 g/mol. The number of amides is 1. The lowest BCUT2D eigenvalue weighted by atomic mass is 10.3. The first-order valence-electron chi connectivity index (χ1n) is 6.48. The fourth-order valence-electron chi connectivity index (χ4n) is 1.89. The van der Waals surface area contributed by atoms with Gasteiger partial charge in [0.15, 0.2) is 0 Å². The van der Waals surface area contributed by atoms with Gasteiger partial charge < -0.3 is 0 Å². The van der Waals surface area contributed by atoms with Crippen molar-refractivity contribution in [3.8, 4) is 0 Å². The van der Waals surface area contributed by atoms with Gasteiger partial charge in [0.1, 0.15) is 17.3 Å². The first-order chi connectivity index (χ1) is 11.3. The second kappa shape index (κ2) is 7.35. The van der Waals surface area contributed by atoms with E-state index in [4.69, 9.17) is 29.0 Å². The number of hydrazine groups is 1. The minimum absolute atomic E-state index is 0.0658. The summed E-state index contributed by atoms with van der Waals surface area (Å²) in [6.07, 6.45) is 0. The molecule has 0 aliphatic heterocycles. The van der Waals surface area contributed by atoms with E-state index < -0.39 is 28.3 Å².